The van der Waals surface area contributed by atoms with Crippen LogP contribution in [0.3, 0.4) is 0 Å². The van der Waals surface area contributed by atoms with Crippen LogP contribution >= 0.6 is 0 Å². The molecule has 2 aromatic carbocycles. The highest BCUT2D eigenvalue weighted by molar-refractivity contribution is 7.86. The molecule has 0 aliphatic carbocycles. The molecule has 1 aliphatic rings. The molecule has 8 nitrogen and oxygen atoms in total. The first-order valence-electron chi connectivity index (χ1n) is 8.51. The van der Waals surface area contributed by atoms with Gasteiger partial charge in [-0.1, -0.05) is 18.2 Å². The molecule has 1 aliphatic heterocycles. The Morgan fingerprint density at radius 2 is 1.89 bits per heavy atom. The summed E-state index contributed by atoms with van der Waals surface area (Å²) in [5.74, 6) is 1.14. The summed E-state index contributed by atoms with van der Waals surface area (Å²) >= 11 is 0. The van der Waals surface area contributed by atoms with Crippen LogP contribution in [0.15, 0.2) is 78.3 Å². The average molecular weight is 390 g/mol. The Bertz CT molecular complexity index is 1150. The molecule has 0 bridgehead atoms. The van der Waals surface area contributed by atoms with E-state index in [4.69, 9.17) is 4.74 Å². The fraction of sp³-hybridized carbons (Fsp3) is 0.0526. The minimum atomic E-state index is -1.29. The number of ether oxygens (including phenoxy) is 1. The van der Waals surface area contributed by atoms with E-state index in [1.54, 1.807) is 39.7 Å². The Labute approximate surface area is 163 Å². The van der Waals surface area contributed by atoms with Crippen molar-refractivity contribution in [1.29, 1.82) is 0 Å². The highest BCUT2D eigenvalue weighted by Crippen LogP contribution is 2.31. The van der Waals surface area contributed by atoms with Crippen molar-refractivity contribution in [2.75, 3.05) is 4.31 Å². The van der Waals surface area contributed by atoms with Crippen LogP contribution in [-0.4, -0.2) is 28.9 Å². The molecule has 0 saturated carbocycles. The Kier molecular flexibility index (Phi) is 4.06. The zero-order valence-electron chi connectivity index (χ0n) is 14.5. The Balaban J connectivity index is 1.36. The van der Waals surface area contributed by atoms with Crippen molar-refractivity contribution in [3.8, 4) is 17.4 Å². The van der Waals surface area contributed by atoms with Crippen LogP contribution in [-0.2, 0) is 17.5 Å². The summed E-state index contributed by atoms with van der Waals surface area (Å²) in [5, 5.41) is 4.09. The normalized spacial score (nSPS) is 15.4. The second-order valence-corrected chi connectivity index (χ2v) is 7.41. The molecule has 0 amide bonds. The molecule has 3 heterocycles. The number of rotatable bonds is 4. The molecule has 0 fully saturated rings. The summed E-state index contributed by atoms with van der Waals surface area (Å²) in [6.45, 7) is 0.534. The number of benzene rings is 2. The number of aromatic nitrogens is 5. The number of hydrogen-bond acceptors (Lipinski definition) is 6. The largest absolute Gasteiger partial charge is 0.424 e. The third-order valence-corrected chi connectivity index (χ3v) is 5.77. The van der Waals surface area contributed by atoms with Gasteiger partial charge in [-0.15, -0.1) is 0 Å². The molecular formula is C19H14N6O2S. The quantitative estimate of drug-likeness (QED) is 0.533. The maximum Gasteiger partial charge on any atom is 0.323 e. The van der Waals surface area contributed by atoms with Gasteiger partial charge in [0.2, 0.25) is 0 Å². The van der Waals surface area contributed by atoms with Gasteiger partial charge in [0.15, 0.2) is 11.0 Å². The fourth-order valence-corrected chi connectivity index (χ4v) is 4.25. The van der Waals surface area contributed by atoms with Gasteiger partial charge >= 0.3 is 6.01 Å². The number of nitrogens with zero attached hydrogens (tertiary/aromatic N) is 6. The van der Waals surface area contributed by atoms with Crippen molar-refractivity contribution in [2.45, 2.75) is 11.4 Å². The Hall–Kier alpha value is -3.59. The van der Waals surface area contributed by atoms with Crippen molar-refractivity contribution < 1.29 is 8.95 Å². The average Bonchev–Trinajstić information content (AvgIpc) is 3.38. The van der Waals surface area contributed by atoms with Gasteiger partial charge in [0, 0.05) is 12.3 Å². The van der Waals surface area contributed by atoms with Gasteiger partial charge in [-0.3, -0.25) is 4.31 Å². The van der Waals surface area contributed by atoms with Crippen molar-refractivity contribution in [2.24, 2.45) is 0 Å². The molecule has 138 valence electrons. The van der Waals surface area contributed by atoms with E-state index in [1.807, 2.05) is 36.4 Å². The van der Waals surface area contributed by atoms with Crippen LogP contribution in [0, 0.1) is 0 Å². The van der Waals surface area contributed by atoms with E-state index in [0.29, 0.717) is 18.1 Å². The van der Waals surface area contributed by atoms with Gasteiger partial charge in [-0.05, 0) is 35.9 Å². The molecule has 28 heavy (non-hydrogen) atoms. The van der Waals surface area contributed by atoms with E-state index < -0.39 is 11.0 Å². The summed E-state index contributed by atoms with van der Waals surface area (Å²) in [5.41, 5.74) is 1.90. The lowest BCUT2D eigenvalue weighted by atomic mass is 10.2. The fourth-order valence-electron chi connectivity index (χ4n) is 2.94. The zero-order chi connectivity index (χ0) is 18.9. The van der Waals surface area contributed by atoms with Gasteiger partial charge in [-0.25, -0.2) is 18.9 Å². The zero-order valence-corrected chi connectivity index (χ0v) is 15.4. The van der Waals surface area contributed by atoms with Crippen molar-refractivity contribution >= 4 is 16.8 Å². The third-order valence-electron chi connectivity index (χ3n) is 4.28. The standard InChI is InChI=1S/C19H14N6O2S/c26-28-17-4-2-1-3-14(17)11-25(28)18-9-10-21-19(23-18)27-16-7-5-15(6-8-16)24-13-20-12-22-24/h1-10,12-13H,11H2. The lowest BCUT2D eigenvalue weighted by molar-refractivity contribution is 0.442. The molecule has 0 spiro atoms. The number of hydrogen-bond donors (Lipinski definition) is 0. The van der Waals surface area contributed by atoms with Crippen LogP contribution in [0.4, 0.5) is 5.82 Å². The monoisotopic (exact) mass is 390 g/mol. The summed E-state index contributed by atoms with van der Waals surface area (Å²) < 4.78 is 21.9. The predicted octanol–water partition coefficient (Wildman–Crippen LogP) is 2.89. The minimum Gasteiger partial charge on any atom is -0.424 e. The van der Waals surface area contributed by atoms with Crippen LogP contribution in [0.5, 0.6) is 11.8 Å². The van der Waals surface area contributed by atoms with Crippen LogP contribution < -0.4 is 9.04 Å². The van der Waals surface area contributed by atoms with Crippen LogP contribution in [0.25, 0.3) is 5.69 Å². The van der Waals surface area contributed by atoms with Crippen molar-refractivity contribution in [3.05, 3.63) is 79.0 Å². The van der Waals surface area contributed by atoms with Gasteiger partial charge in [0.1, 0.15) is 24.2 Å². The first-order chi connectivity index (χ1) is 13.8. The lowest BCUT2D eigenvalue weighted by Crippen LogP contribution is -2.19. The first-order valence-corrected chi connectivity index (χ1v) is 9.62. The maximum atomic E-state index is 12.7. The molecule has 2 aromatic heterocycles. The molecular weight excluding hydrogens is 376 g/mol. The van der Waals surface area contributed by atoms with Crippen LogP contribution in [0.2, 0.25) is 0 Å². The van der Waals surface area contributed by atoms with E-state index in [1.165, 1.54) is 6.33 Å². The minimum absolute atomic E-state index is 0.193. The highest BCUT2D eigenvalue weighted by atomic mass is 32.2. The lowest BCUT2D eigenvalue weighted by Gasteiger charge is -2.15. The SMILES string of the molecule is O=S1c2ccccc2CN1c1ccnc(Oc2ccc(-n3cncn3)cc2)n1. The molecule has 9 heteroatoms. The van der Waals surface area contributed by atoms with Gasteiger partial charge in [0.25, 0.3) is 0 Å². The van der Waals surface area contributed by atoms with E-state index in [-0.39, 0.29) is 6.01 Å². The third kappa shape index (κ3) is 3.01. The maximum absolute atomic E-state index is 12.7. The highest BCUT2D eigenvalue weighted by Gasteiger charge is 2.28. The van der Waals surface area contributed by atoms with Gasteiger partial charge in [0.05, 0.1) is 17.1 Å². The van der Waals surface area contributed by atoms with E-state index in [0.717, 1.165) is 16.1 Å². The summed E-state index contributed by atoms with van der Waals surface area (Å²) in [6, 6.07) is 16.9. The van der Waals surface area contributed by atoms with E-state index >= 15 is 0 Å². The molecule has 5 rings (SSSR count). The first kappa shape index (κ1) is 16.6. The van der Waals surface area contributed by atoms with E-state index in [2.05, 4.69) is 20.1 Å². The molecule has 0 saturated heterocycles. The van der Waals surface area contributed by atoms with E-state index in [9.17, 15) is 4.21 Å². The van der Waals surface area contributed by atoms with Crippen molar-refractivity contribution in [3.63, 3.8) is 0 Å². The summed E-state index contributed by atoms with van der Waals surface area (Å²) in [4.78, 5) is 13.3. The number of fused-ring (bicyclic) bond motifs is 1. The van der Waals surface area contributed by atoms with Gasteiger partial charge in [-0.2, -0.15) is 10.1 Å². The Morgan fingerprint density at radius 1 is 1.04 bits per heavy atom. The van der Waals surface area contributed by atoms with Crippen LogP contribution in [0.1, 0.15) is 5.56 Å². The molecule has 0 N–H and O–H groups in total. The predicted molar refractivity (Wildman–Crippen MR) is 102 cm³/mol. The smallest absolute Gasteiger partial charge is 0.323 e. The molecule has 0 radical (unpaired) electrons. The molecule has 4 aromatic rings. The topological polar surface area (TPSA) is 86.0 Å². The molecule has 1 unspecified atom stereocenters. The second-order valence-electron chi connectivity index (χ2n) is 6.03. The number of anilines is 1. The second kappa shape index (κ2) is 6.86. The molecule has 1 atom stereocenters. The summed E-state index contributed by atoms with van der Waals surface area (Å²) in [6.07, 6.45) is 4.70. The van der Waals surface area contributed by atoms with Gasteiger partial charge < -0.3 is 4.74 Å². The van der Waals surface area contributed by atoms with Crippen molar-refractivity contribution in [1.82, 2.24) is 24.7 Å². The Morgan fingerprint density at radius 3 is 2.68 bits per heavy atom. The summed E-state index contributed by atoms with van der Waals surface area (Å²) in [7, 11) is -1.29.